The highest BCUT2D eigenvalue weighted by Gasteiger charge is 2.29. The molecule has 114 valence electrons. The van der Waals surface area contributed by atoms with Crippen molar-refractivity contribution in [2.24, 2.45) is 5.41 Å². The van der Waals surface area contributed by atoms with Crippen LogP contribution in [-0.4, -0.2) is 12.1 Å². The molecular weight excluding hydrogens is 256 g/mol. The summed E-state index contributed by atoms with van der Waals surface area (Å²) in [6.45, 7) is 11.4. The summed E-state index contributed by atoms with van der Waals surface area (Å²) in [4.78, 5) is 0. The zero-order valence-electron chi connectivity index (χ0n) is 13.3. The van der Waals surface area contributed by atoms with Crippen LogP contribution >= 0.6 is 0 Å². The van der Waals surface area contributed by atoms with Crippen molar-refractivity contribution in [3.8, 4) is 0 Å². The number of nitrogens with one attached hydrogen (secondary N) is 1. The Morgan fingerprint density at radius 3 is 2.15 bits per heavy atom. The fourth-order valence-corrected chi connectivity index (χ4v) is 2.35. The quantitative estimate of drug-likeness (QED) is 0.798. The van der Waals surface area contributed by atoms with Crippen molar-refractivity contribution in [3.63, 3.8) is 0 Å². The first kappa shape index (κ1) is 17.1. The maximum Gasteiger partial charge on any atom is 0.162 e. The van der Waals surface area contributed by atoms with Gasteiger partial charge in [-0.25, -0.2) is 8.78 Å². The van der Waals surface area contributed by atoms with Gasteiger partial charge in [-0.15, -0.1) is 0 Å². The highest BCUT2D eigenvalue weighted by molar-refractivity contribution is 5.20. The Balaban J connectivity index is 2.93. The minimum absolute atomic E-state index is 0.0239. The lowest BCUT2D eigenvalue weighted by atomic mass is 9.76. The van der Waals surface area contributed by atoms with Crippen LogP contribution in [0.2, 0.25) is 0 Å². The molecule has 1 rings (SSSR count). The molecule has 0 bridgehead atoms. The molecule has 0 aliphatic heterocycles. The molecule has 0 amide bonds. The van der Waals surface area contributed by atoms with Crippen molar-refractivity contribution >= 4 is 0 Å². The minimum Gasteiger partial charge on any atom is -0.312 e. The zero-order valence-corrected chi connectivity index (χ0v) is 13.3. The molecular formula is C17H27F2N. The summed E-state index contributed by atoms with van der Waals surface area (Å²) in [5, 5.41) is 3.50. The number of benzene rings is 1. The van der Waals surface area contributed by atoms with Crippen LogP contribution in [0.1, 0.15) is 53.0 Å². The number of rotatable bonds is 6. The Hall–Kier alpha value is -0.960. The van der Waals surface area contributed by atoms with E-state index in [0.717, 1.165) is 19.4 Å². The van der Waals surface area contributed by atoms with Gasteiger partial charge in [-0.2, -0.15) is 0 Å². The van der Waals surface area contributed by atoms with Crippen molar-refractivity contribution in [1.82, 2.24) is 5.32 Å². The normalized spacial score (nSPS) is 12.8. The topological polar surface area (TPSA) is 12.0 Å². The van der Waals surface area contributed by atoms with E-state index in [9.17, 15) is 8.78 Å². The van der Waals surface area contributed by atoms with Crippen LogP contribution in [0.5, 0.6) is 0 Å². The van der Waals surface area contributed by atoms with Crippen molar-refractivity contribution in [3.05, 3.63) is 35.4 Å². The summed E-state index contributed by atoms with van der Waals surface area (Å²) in [6.07, 6.45) is 2.43. The average molecular weight is 283 g/mol. The summed E-state index contributed by atoms with van der Waals surface area (Å²) < 4.78 is 27.2. The van der Waals surface area contributed by atoms with Gasteiger partial charge in [0.25, 0.3) is 0 Å². The molecule has 1 nitrogen and oxygen atoms in total. The van der Waals surface area contributed by atoms with E-state index in [1.165, 1.54) is 6.07 Å². The molecule has 1 aromatic rings. The van der Waals surface area contributed by atoms with Gasteiger partial charge >= 0.3 is 0 Å². The third-order valence-electron chi connectivity index (χ3n) is 4.09. The number of hydrogen-bond acceptors (Lipinski definition) is 1. The summed E-state index contributed by atoms with van der Waals surface area (Å²) in [5.41, 5.74) is 0.460. The van der Waals surface area contributed by atoms with Gasteiger partial charge < -0.3 is 5.32 Å². The third kappa shape index (κ3) is 4.55. The van der Waals surface area contributed by atoms with Gasteiger partial charge in [0.2, 0.25) is 0 Å². The Morgan fingerprint density at radius 1 is 1.05 bits per heavy atom. The van der Waals surface area contributed by atoms with Gasteiger partial charge in [0, 0.05) is 12.1 Å². The predicted molar refractivity (Wildman–Crippen MR) is 80.8 cm³/mol. The molecule has 0 saturated heterocycles. The van der Waals surface area contributed by atoms with Crippen LogP contribution in [0, 0.1) is 17.0 Å². The van der Waals surface area contributed by atoms with Crippen LogP contribution in [-0.2, 0) is 6.42 Å². The van der Waals surface area contributed by atoms with E-state index < -0.39 is 11.6 Å². The molecule has 0 aliphatic rings. The monoisotopic (exact) mass is 283 g/mol. The highest BCUT2D eigenvalue weighted by Crippen LogP contribution is 2.32. The second-order valence-electron chi connectivity index (χ2n) is 6.70. The number of halogens is 2. The van der Waals surface area contributed by atoms with Gasteiger partial charge in [0.05, 0.1) is 0 Å². The minimum atomic E-state index is -0.757. The van der Waals surface area contributed by atoms with Crippen LogP contribution in [0.4, 0.5) is 8.78 Å². The Bertz CT molecular complexity index is 431. The van der Waals surface area contributed by atoms with Crippen molar-refractivity contribution in [2.75, 3.05) is 6.54 Å². The summed E-state index contributed by atoms with van der Waals surface area (Å²) in [5.74, 6) is -1.46. The Labute approximate surface area is 121 Å². The SMILES string of the molecule is CCC(CC)(CNC(C)(C)C)Cc1cccc(F)c1F. The molecule has 0 heterocycles. The molecule has 0 aromatic heterocycles. The van der Waals surface area contributed by atoms with Crippen molar-refractivity contribution < 1.29 is 8.78 Å². The Morgan fingerprint density at radius 2 is 1.65 bits per heavy atom. The molecule has 1 aromatic carbocycles. The Kier molecular flexibility index (Phi) is 5.69. The third-order valence-corrected chi connectivity index (χ3v) is 4.09. The van der Waals surface area contributed by atoms with E-state index in [1.807, 2.05) is 0 Å². The molecule has 0 radical (unpaired) electrons. The van der Waals surface area contributed by atoms with Crippen LogP contribution < -0.4 is 5.32 Å². The molecule has 0 atom stereocenters. The fraction of sp³-hybridized carbons (Fsp3) is 0.647. The summed E-state index contributed by atoms with van der Waals surface area (Å²) >= 11 is 0. The average Bonchev–Trinajstić information content (AvgIpc) is 2.39. The lowest BCUT2D eigenvalue weighted by Crippen LogP contribution is -2.44. The lowest BCUT2D eigenvalue weighted by molar-refractivity contribution is 0.217. The standard InChI is InChI=1S/C17H27F2N/c1-6-17(7-2,12-20-16(3,4)5)11-13-9-8-10-14(18)15(13)19/h8-10,20H,6-7,11-12H2,1-5H3. The maximum absolute atomic E-state index is 13.9. The number of hydrogen-bond donors (Lipinski definition) is 1. The predicted octanol–water partition coefficient (Wildman–Crippen LogP) is 4.70. The smallest absolute Gasteiger partial charge is 0.162 e. The zero-order chi connectivity index (χ0) is 15.4. The van der Waals surface area contributed by atoms with Crippen LogP contribution in [0.25, 0.3) is 0 Å². The van der Waals surface area contributed by atoms with E-state index >= 15 is 0 Å². The van der Waals surface area contributed by atoms with Gasteiger partial charge in [-0.1, -0.05) is 26.0 Å². The fourth-order valence-electron chi connectivity index (χ4n) is 2.35. The molecule has 0 aliphatic carbocycles. The first-order chi connectivity index (χ1) is 9.23. The van der Waals surface area contributed by atoms with Crippen molar-refractivity contribution in [1.29, 1.82) is 0 Å². The van der Waals surface area contributed by atoms with E-state index in [0.29, 0.717) is 12.0 Å². The molecule has 0 spiro atoms. The second-order valence-corrected chi connectivity index (χ2v) is 6.70. The lowest BCUT2D eigenvalue weighted by Gasteiger charge is -2.35. The molecule has 1 N–H and O–H groups in total. The van der Waals surface area contributed by atoms with Crippen LogP contribution in [0.15, 0.2) is 18.2 Å². The first-order valence-electron chi connectivity index (χ1n) is 7.41. The van der Waals surface area contributed by atoms with Gasteiger partial charge in [0.1, 0.15) is 0 Å². The van der Waals surface area contributed by atoms with Gasteiger partial charge in [-0.05, 0) is 57.1 Å². The highest BCUT2D eigenvalue weighted by atomic mass is 19.2. The van der Waals surface area contributed by atoms with Crippen molar-refractivity contribution in [2.45, 2.75) is 59.4 Å². The van der Waals surface area contributed by atoms with Gasteiger partial charge in [0.15, 0.2) is 11.6 Å². The van der Waals surface area contributed by atoms with E-state index in [4.69, 9.17) is 0 Å². The molecule has 0 fully saturated rings. The van der Waals surface area contributed by atoms with E-state index in [1.54, 1.807) is 12.1 Å². The summed E-state index contributed by atoms with van der Waals surface area (Å²) in [6, 6.07) is 4.45. The molecule has 0 saturated carbocycles. The first-order valence-corrected chi connectivity index (χ1v) is 7.41. The molecule has 0 unspecified atom stereocenters. The second kappa shape index (κ2) is 6.66. The van der Waals surface area contributed by atoms with E-state index in [-0.39, 0.29) is 11.0 Å². The van der Waals surface area contributed by atoms with E-state index in [2.05, 4.69) is 39.9 Å². The molecule has 3 heteroatoms. The summed E-state index contributed by atoms with van der Waals surface area (Å²) in [7, 11) is 0. The largest absolute Gasteiger partial charge is 0.312 e. The van der Waals surface area contributed by atoms with Crippen LogP contribution in [0.3, 0.4) is 0 Å². The van der Waals surface area contributed by atoms with Gasteiger partial charge in [-0.3, -0.25) is 0 Å². The molecule has 20 heavy (non-hydrogen) atoms. The maximum atomic E-state index is 13.9.